The highest BCUT2D eigenvalue weighted by Gasteiger charge is 2.09. The first-order valence-corrected chi connectivity index (χ1v) is 5.09. The van der Waals surface area contributed by atoms with Crippen LogP contribution in [0.5, 0.6) is 0 Å². The zero-order valence-electron chi connectivity index (χ0n) is 9.85. The number of nitrogens with two attached hydrogens (primary N) is 1. The Hall–Kier alpha value is -1.07. The molecular formula is C10H22N4O. The summed E-state index contributed by atoms with van der Waals surface area (Å²) in [5, 5.41) is 9.05. The van der Waals surface area contributed by atoms with Crippen molar-refractivity contribution in [3.63, 3.8) is 0 Å². The van der Waals surface area contributed by atoms with Crippen LogP contribution in [-0.2, 0) is 0 Å². The van der Waals surface area contributed by atoms with Gasteiger partial charge in [-0.15, -0.1) is 0 Å². The maximum absolute atomic E-state index is 9.05. The van der Waals surface area contributed by atoms with Crippen LogP contribution in [0.25, 0.3) is 0 Å². The maximum atomic E-state index is 9.05. The van der Waals surface area contributed by atoms with Crippen molar-refractivity contribution in [2.75, 3.05) is 33.9 Å². The Kier molecular flexibility index (Phi) is 7.67. The van der Waals surface area contributed by atoms with Crippen molar-refractivity contribution in [2.24, 2.45) is 10.7 Å². The van der Waals surface area contributed by atoms with Gasteiger partial charge >= 0.3 is 0 Å². The van der Waals surface area contributed by atoms with Crippen molar-refractivity contribution in [1.82, 2.24) is 9.80 Å². The third kappa shape index (κ3) is 5.39. The van der Waals surface area contributed by atoms with E-state index >= 15 is 0 Å². The van der Waals surface area contributed by atoms with Crippen LogP contribution in [0.3, 0.4) is 0 Å². The smallest absolute Gasteiger partial charge is 0.202 e. The van der Waals surface area contributed by atoms with Crippen LogP contribution in [0, 0.1) is 0 Å². The Balaban J connectivity index is 4.47. The van der Waals surface area contributed by atoms with Crippen molar-refractivity contribution in [3.05, 3.63) is 12.3 Å². The summed E-state index contributed by atoms with van der Waals surface area (Å²) in [6.07, 6.45) is 4.47. The number of rotatable bonds is 5. The van der Waals surface area contributed by atoms with E-state index in [-0.39, 0.29) is 6.73 Å². The second-order valence-electron chi connectivity index (χ2n) is 3.31. The highest BCUT2D eigenvalue weighted by atomic mass is 16.3. The van der Waals surface area contributed by atoms with E-state index in [4.69, 9.17) is 10.8 Å². The first-order valence-electron chi connectivity index (χ1n) is 5.09. The van der Waals surface area contributed by atoms with Gasteiger partial charge in [-0.25, -0.2) is 4.99 Å². The Labute approximate surface area is 91.9 Å². The minimum absolute atomic E-state index is 0.0522. The molecular weight excluding hydrogens is 192 g/mol. The number of allylic oxidation sites excluding steroid dienone is 1. The van der Waals surface area contributed by atoms with Gasteiger partial charge in [-0.1, -0.05) is 6.08 Å². The summed E-state index contributed by atoms with van der Waals surface area (Å²) in [5.74, 6) is 0.740. The van der Waals surface area contributed by atoms with E-state index in [1.54, 1.807) is 18.1 Å². The molecule has 0 saturated heterocycles. The van der Waals surface area contributed by atoms with Gasteiger partial charge in [-0.05, 0) is 19.9 Å². The molecule has 0 saturated carbocycles. The molecule has 5 heteroatoms. The molecule has 0 rings (SSSR count). The zero-order chi connectivity index (χ0) is 11.7. The summed E-state index contributed by atoms with van der Waals surface area (Å²) in [4.78, 5) is 7.91. The van der Waals surface area contributed by atoms with E-state index in [1.165, 1.54) is 0 Å². The summed E-state index contributed by atoms with van der Waals surface area (Å²) in [5.41, 5.74) is 5.44. The molecule has 5 nitrogen and oxygen atoms in total. The molecule has 15 heavy (non-hydrogen) atoms. The molecule has 3 N–H and O–H groups in total. The number of aliphatic imine (C=N–C) groups is 1. The van der Waals surface area contributed by atoms with Crippen molar-refractivity contribution in [3.8, 4) is 0 Å². The summed E-state index contributed by atoms with van der Waals surface area (Å²) in [6, 6.07) is 0. The number of hydrogen-bond acceptors (Lipinski definition) is 3. The van der Waals surface area contributed by atoms with Crippen LogP contribution in [0.1, 0.15) is 13.3 Å². The normalized spacial score (nSPS) is 12.2. The van der Waals surface area contributed by atoms with E-state index in [9.17, 15) is 0 Å². The van der Waals surface area contributed by atoms with E-state index in [2.05, 4.69) is 4.99 Å². The van der Waals surface area contributed by atoms with Gasteiger partial charge in [0.1, 0.15) is 6.73 Å². The van der Waals surface area contributed by atoms with Crippen LogP contribution in [0.2, 0.25) is 0 Å². The third-order valence-electron chi connectivity index (χ3n) is 1.93. The number of aliphatic hydroxyl groups excluding tert-OH is 1. The molecule has 0 aliphatic rings. The summed E-state index contributed by atoms with van der Waals surface area (Å²) < 4.78 is 0. The van der Waals surface area contributed by atoms with Crippen molar-refractivity contribution >= 4 is 5.96 Å². The van der Waals surface area contributed by atoms with Crippen LogP contribution in [0.4, 0.5) is 0 Å². The second-order valence-corrected chi connectivity index (χ2v) is 3.31. The summed E-state index contributed by atoms with van der Waals surface area (Å²) in [7, 11) is 3.73. The molecule has 88 valence electrons. The second kappa shape index (κ2) is 8.26. The van der Waals surface area contributed by atoms with E-state index in [0.717, 1.165) is 18.9 Å². The lowest BCUT2D eigenvalue weighted by Crippen LogP contribution is -2.41. The predicted octanol–water partition coefficient (Wildman–Crippen LogP) is 0.0382. The molecule has 0 amide bonds. The van der Waals surface area contributed by atoms with Crippen LogP contribution in [0.15, 0.2) is 17.3 Å². The van der Waals surface area contributed by atoms with Gasteiger partial charge in [0, 0.05) is 26.8 Å². The summed E-state index contributed by atoms with van der Waals surface area (Å²) >= 11 is 0. The number of aliphatic hydroxyl groups is 1. The van der Waals surface area contributed by atoms with E-state index < -0.39 is 0 Å². The highest BCUT2D eigenvalue weighted by molar-refractivity contribution is 5.80. The minimum Gasteiger partial charge on any atom is -0.376 e. The molecule has 0 radical (unpaired) electrons. The largest absolute Gasteiger partial charge is 0.376 e. The van der Waals surface area contributed by atoms with Gasteiger partial charge in [-0.2, -0.15) is 0 Å². The fourth-order valence-electron chi connectivity index (χ4n) is 1.12. The Morgan fingerprint density at radius 2 is 2.07 bits per heavy atom. The third-order valence-corrected chi connectivity index (χ3v) is 1.93. The quantitative estimate of drug-likeness (QED) is 0.385. The van der Waals surface area contributed by atoms with E-state index in [1.807, 2.05) is 24.9 Å². The molecule has 0 fully saturated rings. The topological polar surface area (TPSA) is 65.1 Å². The molecule has 0 aromatic carbocycles. The SMILES string of the molecule is C/C=C/N=C(\N(C)CO)N(C)CCCN. The van der Waals surface area contributed by atoms with Gasteiger partial charge in [-0.3, -0.25) is 0 Å². The highest BCUT2D eigenvalue weighted by Crippen LogP contribution is 1.96. The average Bonchev–Trinajstić information content (AvgIpc) is 2.26. The standard InChI is InChI=1S/C10H22N4O/c1-4-7-12-10(14(3)9-15)13(2)8-5-6-11/h4,7,15H,5-6,8-9,11H2,1-3H3/b7-4+,12-10-. The van der Waals surface area contributed by atoms with Crippen LogP contribution in [-0.4, -0.2) is 54.8 Å². The molecule has 0 aliphatic heterocycles. The lowest BCUT2D eigenvalue weighted by Gasteiger charge is -2.27. The monoisotopic (exact) mass is 214 g/mol. The Morgan fingerprint density at radius 3 is 2.53 bits per heavy atom. The summed E-state index contributed by atoms with van der Waals surface area (Å²) in [6.45, 7) is 3.34. The van der Waals surface area contributed by atoms with Crippen LogP contribution >= 0.6 is 0 Å². The zero-order valence-corrected chi connectivity index (χ0v) is 9.85. The van der Waals surface area contributed by atoms with Crippen molar-refractivity contribution < 1.29 is 5.11 Å². The number of nitrogens with zero attached hydrogens (tertiary/aromatic N) is 3. The predicted molar refractivity (Wildman–Crippen MR) is 63.4 cm³/mol. The molecule has 0 bridgehead atoms. The lowest BCUT2D eigenvalue weighted by molar-refractivity contribution is 0.178. The molecule has 0 heterocycles. The fraction of sp³-hybridized carbons (Fsp3) is 0.700. The van der Waals surface area contributed by atoms with Gasteiger partial charge in [0.05, 0.1) is 0 Å². The minimum atomic E-state index is -0.0522. The maximum Gasteiger partial charge on any atom is 0.202 e. The molecule has 0 aromatic heterocycles. The Morgan fingerprint density at radius 1 is 1.40 bits per heavy atom. The lowest BCUT2D eigenvalue weighted by atomic mass is 10.4. The van der Waals surface area contributed by atoms with Crippen LogP contribution < -0.4 is 5.73 Å². The molecule has 0 unspecified atom stereocenters. The molecule has 0 spiro atoms. The van der Waals surface area contributed by atoms with Gasteiger partial charge in [0.15, 0.2) is 0 Å². The molecule has 0 aliphatic carbocycles. The Bertz CT molecular complexity index is 215. The van der Waals surface area contributed by atoms with Gasteiger partial charge in [0.25, 0.3) is 0 Å². The molecule has 0 aromatic rings. The molecule has 0 atom stereocenters. The van der Waals surface area contributed by atoms with Crippen molar-refractivity contribution in [2.45, 2.75) is 13.3 Å². The van der Waals surface area contributed by atoms with Crippen molar-refractivity contribution in [1.29, 1.82) is 0 Å². The van der Waals surface area contributed by atoms with E-state index in [0.29, 0.717) is 6.54 Å². The fourth-order valence-corrected chi connectivity index (χ4v) is 1.12. The van der Waals surface area contributed by atoms with Gasteiger partial charge in [0.2, 0.25) is 5.96 Å². The first kappa shape index (κ1) is 13.9. The first-order chi connectivity index (χ1) is 7.17. The van der Waals surface area contributed by atoms with Gasteiger partial charge < -0.3 is 20.6 Å². The number of guanidine groups is 1. The number of hydrogen-bond donors (Lipinski definition) is 2. The average molecular weight is 214 g/mol.